The van der Waals surface area contributed by atoms with E-state index in [1.54, 1.807) is 0 Å². The predicted octanol–water partition coefficient (Wildman–Crippen LogP) is 3.15. The first-order valence-corrected chi connectivity index (χ1v) is 9.12. The summed E-state index contributed by atoms with van der Waals surface area (Å²) in [6.45, 7) is 7.15. The molecule has 0 saturated carbocycles. The fourth-order valence-electron chi connectivity index (χ4n) is 3.70. The molecule has 138 valence electrons. The van der Waals surface area contributed by atoms with Crippen LogP contribution in [0, 0.1) is 0 Å². The highest BCUT2D eigenvalue weighted by molar-refractivity contribution is 6.32. The van der Waals surface area contributed by atoms with Crippen molar-refractivity contribution in [2.75, 3.05) is 30.4 Å². The molecule has 25 heavy (non-hydrogen) atoms. The third-order valence-corrected chi connectivity index (χ3v) is 4.95. The van der Waals surface area contributed by atoms with E-state index in [0.717, 1.165) is 43.9 Å². The Morgan fingerprint density at radius 3 is 2.48 bits per heavy atom. The third kappa shape index (κ3) is 3.76. The van der Waals surface area contributed by atoms with Gasteiger partial charge >= 0.3 is 6.09 Å². The summed E-state index contributed by atoms with van der Waals surface area (Å²) in [5.74, 6) is 0.795. The number of hydrogen-bond donors (Lipinski definition) is 1. The largest absolute Gasteiger partial charge is 0.444 e. The second-order valence-corrected chi connectivity index (χ2v) is 8.00. The Bertz CT molecular complexity index is 634. The van der Waals surface area contributed by atoms with E-state index in [-0.39, 0.29) is 18.2 Å². The highest BCUT2D eigenvalue weighted by atomic mass is 35.5. The molecule has 0 spiro atoms. The maximum atomic E-state index is 12.7. The number of nitrogens with zero attached hydrogens (tertiary/aromatic N) is 4. The van der Waals surface area contributed by atoms with Crippen LogP contribution in [0.1, 0.15) is 40.0 Å². The van der Waals surface area contributed by atoms with Gasteiger partial charge in [-0.25, -0.2) is 14.8 Å². The molecule has 8 heteroatoms. The Morgan fingerprint density at radius 2 is 1.92 bits per heavy atom. The molecule has 2 aliphatic rings. The van der Waals surface area contributed by atoms with Gasteiger partial charge in [-0.15, -0.1) is 0 Å². The van der Waals surface area contributed by atoms with Gasteiger partial charge in [0, 0.05) is 20.1 Å². The van der Waals surface area contributed by atoms with Gasteiger partial charge in [0.1, 0.15) is 17.6 Å². The summed E-state index contributed by atoms with van der Waals surface area (Å²) in [4.78, 5) is 25.3. The normalized spacial score (nSPS) is 23.4. The van der Waals surface area contributed by atoms with Crippen LogP contribution in [0.2, 0.25) is 5.15 Å². The number of amides is 1. The molecular weight excluding hydrogens is 342 g/mol. The number of fused-ring (bicyclic) bond motifs is 2. The lowest BCUT2D eigenvalue weighted by molar-refractivity contribution is -0.00975. The summed E-state index contributed by atoms with van der Waals surface area (Å²) in [7, 11) is 1.81. The zero-order valence-corrected chi connectivity index (χ0v) is 16.0. The average molecular weight is 368 g/mol. The minimum Gasteiger partial charge on any atom is -0.444 e. The van der Waals surface area contributed by atoms with Crippen molar-refractivity contribution in [3.8, 4) is 0 Å². The first-order chi connectivity index (χ1) is 11.8. The van der Waals surface area contributed by atoms with Crippen molar-refractivity contribution in [3.63, 3.8) is 0 Å². The quantitative estimate of drug-likeness (QED) is 0.810. The number of hydrogen-bond acceptors (Lipinski definition) is 6. The van der Waals surface area contributed by atoms with Crippen molar-refractivity contribution in [2.24, 2.45) is 0 Å². The van der Waals surface area contributed by atoms with Gasteiger partial charge in [0.2, 0.25) is 0 Å². The molecule has 3 heterocycles. The van der Waals surface area contributed by atoms with Gasteiger partial charge in [-0.1, -0.05) is 11.6 Å². The first-order valence-electron chi connectivity index (χ1n) is 8.74. The van der Waals surface area contributed by atoms with Crippen LogP contribution in [0.4, 0.5) is 16.3 Å². The average Bonchev–Trinajstić information content (AvgIpc) is 2.51. The van der Waals surface area contributed by atoms with Crippen LogP contribution in [0.15, 0.2) is 6.33 Å². The van der Waals surface area contributed by atoms with Gasteiger partial charge in [0.05, 0.1) is 12.1 Å². The van der Waals surface area contributed by atoms with Gasteiger partial charge in [-0.3, -0.25) is 4.90 Å². The van der Waals surface area contributed by atoms with Crippen LogP contribution in [0.3, 0.4) is 0 Å². The number of nitrogens with one attached hydrogen (secondary N) is 1. The van der Waals surface area contributed by atoms with Crippen LogP contribution in [-0.2, 0) is 4.74 Å². The molecule has 2 aliphatic heterocycles. The van der Waals surface area contributed by atoms with Crippen molar-refractivity contribution in [1.82, 2.24) is 14.9 Å². The summed E-state index contributed by atoms with van der Waals surface area (Å²) < 4.78 is 5.63. The lowest BCUT2D eigenvalue weighted by Gasteiger charge is -2.50. The monoisotopic (exact) mass is 367 g/mol. The molecule has 2 unspecified atom stereocenters. The zero-order chi connectivity index (χ0) is 18.2. The zero-order valence-electron chi connectivity index (χ0n) is 15.3. The second-order valence-electron chi connectivity index (χ2n) is 7.64. The van der Waals surface area contributed by atoms with Gasteiger partial charge in [-0.2, -0.15) is 0 Å². The number of carbonyl (C=O) groups excluding carboxylic acids is 1. The maximum absolute atomic E-state index is 12.7. The van der Waals surface area contributed by atoms with Crippen LogP contribution in [0.5, 0.6) is 0 Å². The minimum atomic E-state index is -0.484. The van der Waals surface area contributed by atoms with Crippen LogP contribution < -0.4 is 10.2 Å². The van der Waals surface area contributed by atoms with Gasteiger partial charge in [0.25, 0.3) is 0 Å². The Labute approximate surface area is 153 Å². The number of piperidine rings is 1. The summed E-state index contributed by atoms with van der Waals surface area (Å²) in [6.07, 6.45) is 4.34. The Kier molecular flexibility index (Phi) is 4.95. The number of rotatable bonds is 2. The van der Waals surface area contributed by atoms with Crippen molar-refractivity contribution in [2.45, 2.75) is 57.7 Å². The van der Waals surface area contributed by atoms with Crippen molar-refractivity contribution < 1.29 is 9.53 Å². The van der Waals surface area contributed by atoms with Crippen LogP contribution in [0.25, 0.3) is 0 Å². The van der Waals surface area contributed by atoms with E-state index in [4.69, 9.17) is 16.3 Å². The molecule has 1 aromatic heterocycles. The molecule has 0 radical (unpaired) electrons. The fraction of sp³-hybridized carbons (Fsp3) is 0.706. The fourth-order valence-corrected chi connectivity index (χ4v) is 3.93. The van der Waals surface area contributed by atoms with Crippen LogP contribution >= 0.6 is 11.6 Å². The standard InChI is InChI=1S/C17H26ClN5O2/c1-17(2,3)25-16(24)23-11-6-5-7-12(23)9-22(8-11)15-13(19-4)14(18)20-10-21-15/h10-12,19H,5-9H2,1-4H3. The van der Waals surface area contributed by atoms with E-state index < -0.39 is 5.60 Å². The molecule has 2 bridgehead atoms. The number of carbonyl (C=O) groups is 1. The van der Waals surface area contributed by atoms with E-state index in [1.807, 2.05) is 32.7 Å². The summed E-state index contributed by atoms with van der Waals surface area (Å²) >= 11 is 6.20. The minimum absolute atomic E-state index is 0.126. The molecule has 1 aromatic rings. The Hall–Kier alpha value is -1.76. The van der Waals surface area contributed by atoms with E-state index in [1.165, 1.54) is 6.33 Å². The molecule has 2 fully saturated rings. The van der Waals surface area contributed by atoms with Crippen LogP contribution in [-0.4, -0.2) is 58.8 Å². The van der Waals surface area contributed by atoms with Crippen molar-refractivity contribution in [3.05, 3.63) is 11.5 Å². The van der Waals surface area contributed by atoms with E-state index in [9.17, 15) is 4.79 Å². The van der Waals surface area contributed by atoms with E-state index >= 15 is 0 Å². The number of aromatic nitrogens is 2. The molecule has 0 aromatic carbocycles. The molecule has 2 saturated heterocycles. The first kappa shape index (κ1) is 18.0. The highest BCUT2D eigenvalue weighted by Gasteiger charge is 2.42. The summed E-state index contributed by atoms with van der Waals surface area (Å²) in [5.41, 5.74) is 0.245. The highest BCUT2D eigenvalue weighted by Crippen LogP contribution is 2.35. The summed E-state index contributed by atoms with van der Waals surface area (Å²) in [6, 6.07) is 0.251. The van der Waals surface area contributed by atoms with Gasteiger partial charge < -0.3 is 15.0 Å². The molecule has 3 rings (SSSR count). The Morgan fingerprint density at radius 1 is 1.28 bits per heavy atom. The van der Waals surface area contributed by atoms with E-state index in [0.29, 0.717) is 5.15 Å². The van der Waals surface area contributed by atoms with Gasteiger partial charge in [0.15, 0.2) is 11.0 Å². The topological polar surface area (TPSA) is 70.6 Å². The molecule has 0 aliphatic carbocycles. The molecule has 7 nitrogen and oxygen atoms in total. The predicted molar refractivity (Wildman–Crippen MR) is 98.3 cm³/mol. The van der Waals surface area contributed by atoms with Crippen molar-refractivity contribution in [1.29, 1.82) is 0 Å². The van der Waals surface area contributed by atoms with Crippen molar-refractivity contribution >= 4 is 29.2 Å². The smallest absolute Gasteiger partial charge is 0.410 e. The third-order valence-electron chi connectivity index (χ3n) is 4.66. The van der Waals surface area contributed by atoms with E-state index in [2.05, 4.69) is 20.2 Å². The SMILES string of the molecule is CNc1c(Cl)ncnc1N1CC2CCCC(C1)N2C(=O)OC(C)(C)C. The number of ether oxygens (including phenoxy) is 1. The van der Waals surface area contributed by atoms with Gasteiger partial charge in [-0.05, 0) is 40.0 Å². The second kappa shape index (κ2) is 6.86. The molecule has 1 N–H and O–H groups in total. The molecular formula is C17H26ClN5O2. The maximum Gasteiger partial charge on any atom is 0.410 e. The number of piperazine rings is 1. The Balaban J connectivity index is 1.82. The molecule has 1 amide bonds. The number of halogens is 1. The molecule has 2 atom stereocenters. The lowest BCUT2D eigenvalue weighted by atomic mass is 9.91. The lowest BCUT2D eigenvalue weighted by Crippen LogP contribution is -2.63. The summed E-state index contributed by atoms with van der Waals surface area (Å²) in [5, 5.41) is 3.50. The number of anilines is 2.